The van der Waals surface area contributed by atoms with Gasteiger partial charge in [-0.2, -0.15) is 0 Å². The highest BCUT2D eigenvalue weighted by Gasteiger charge is 2.44. The number of nitrogens with two attached hydrogens (primary N) is 1. The van der Waals surface area contributed by atoms with Crippen molar-refractivity contribution in [2.24, 2.45) is 17.1 Å². The fourth-order valence-corrected chi connectivity index (χ4v) is 3.54. The van der Waals surface area contributed by atoms with Crippen molar-refractivity contribution in [2.75, 3.05) is 13.2 Å². The molecule has 1 unspecified atom stereocenters. The van der Waals surface area contributed by atoms with Crippen molar-refractivity contribution in [3.05, 3.63) is 16.1 Å². The van der Waals surface area contributed by atoms with E-state index in [4.69, 9.17) is 10.7 Å². The van der Waals surface area contributed by atoms with Crippen LogP contribution >= 0.6 is 11.3 Å². The second-order valence-electron chi connectivity index (χ2n) is 6.55. The predicted molar refractivity (Wildman–Crippen MR) is 75.8 cm³/mol. The van der Waals surface area contributed by atoms with Gasteiger partial charge >= 0.3 is 0 Å². The normalized spacial score (nSPS) is 19.8. The Kier molecular flexibility index (Phi) is 3.81. The van der Waals surface area contributed by atoms with E-state index in [-0.39, 0.29) is 17.4 Å². The molecule has 18 heavy (non-hydrogen) atoms. The molecule has 1 fully saturated rings. The molecule has 3 N–H and O–H groups in total. The summed E-state index contributed by atoms with van der Waals surface area (Å²) in [5.41, 5.74) is 7.02. The number of thiazole rings is 1. The molecule has 1 heterocycles. The van der Waals surface area contributed by atoms with Crippen LogP contribution in [0.25, 0.3) is 0 Å². The van der Waals surface area contributed by atoms with Crippen molar-refractivity contribution < 1.29 is 5.11 Å². The van der Waals surface area contributed by atoms with Gasteiger partial charge in [-0.15, -0.1) is 11.3 Å². The van der Waals surface area contributed by atoms with E-state index in [2.05, 4.69) is 26.2 Å². The van der Waals surface area contributed by atoms with Crippen molar-refractivity contribution in [3.8, 4) is 0 Å². The Hall–Kier alpha value is -0.450. The maximum absolute atomic E-state index is 9.71. The van der Waals surface area contributed by atoms with Crippen molar-refractivity contribution in [1.29, 1.82) is 0 Å². The van der Waals surface area contributed by atoms with Gasteiger partial charge in [0.1, 0.15) is 0 Å². The SMILES string of the molecule is CC(C)(C)c1csc(CC(CN)(CO)C2CC2)n1. The Morgan fingerprint density at radius 3 is 2.50 bits per heavy atom. The summed E-state index contributed by atoms with van der Waals surface area (Å²) in [7, 11) is 0. The molecule has 3 nitrogen and oxygen atoms in total. The highest BCUT2D eigenvalue weighted by Crippen LogP contribution is 2.47. The molecule has 0 amide bonds. The van der Waals surface area contributed by atoms with Crippen LogP contribution in [0.1, 0.15) is 44.3 Å². The molecule has 4 heteroatoms. The molecule has 0 radical (unpaired) electrons. The summed E-state index contributed by atoms with van der Waals surface area (Å²) in [5, 5.41) is 13.0. The van der Waals surface area contributed by atoms with Gasteiger partial charge in [0.15, 0.2) is 0 Å². The second-order valence-corrected chi connectivity index (χ2v) is 7.49. The quantitative estimate of drug-likeness (QED) is 0.861. The molecule has 0 bridgehead atoms. The smallest absolute Gasteiger partial charge is 0.0935 e. The molecule has 1 aliphatic carbocycles. The standard InChI is InChI=1S/C14H24N2OS/c1-13(2,3)11-7-18-12(16-11)6-14(8-15,9-17)10-4-5-10/h7,10,17H,4-6,8-9,15H2,1-3H3. The highest BCUT2D eigenvalue weighted by molar-refractivity contribution is 7.09. The number of aliphatic hydroxyl groups excluding tert-OH is 1. The number of hydrogen-bond donors (Lipinski definition) is 2. The van der Waals surface area contributed by atoms with Gasteiger partial charge in [0.2, 0.25) is 0 Å². The first-order valence-electron chi connectivity index (χ1n) is 6.67. The summed E-state index contributed by atoms with van der Waals surface area (Å²) in [5.74, 6) is 0.592. The van der Waals surface area contributed by atoms with Crippen LogP contribution in [0.2, 0.25) is 0 Å². The van der Waals surface area contributed by atoms with Gasteiger partial charge in [-0.3, -0.25) is 0 Å². The first-order valence-corrected chi connectivity index (χ1v) is 7.55. The molecular formula is C14H24N2OS. The van der Waals surface area contributed by atoms with Gasteiger partial charge in [0, 0.05) is 29.2 Å². The topological polar surface area (TPSA) is 59.1 Å². The second kappa shape index (κ2) is 4.91. The molecule has 1 aromatic rings. The summed E-state index contributed by atoms with van der Waals surface area (Å²) in [6, 6.07) is 0. The lowest BCUT2D eigenvalue weighted by Gasteiger charge is -2.29. The van der Waals surface area contributed by atoms with Crippen molar-refractivity contribution in [3.63, 3.8) is 0 Å². The van der Waals surface area contributed by atoms with Crippen LogP contribution in [0.4, 0.5) is 0 Å². The molecule has 2 rings (SSSR count). The lowest BCUT2D eigenvalue weighted by Crippen LogP contribution is -2.38. The fraction of sp³-hybridized carbons (Fsp3) is 0.786. The number of nitrogens with zero attached hydrogens (tertiary/aromatic N) is 1. The van der Waals surface area contributed by atoms with Crippen LogP contribution in [0.3, 0.4) is 0 Å². The van der Waals surface area contributed by atoms with Gasteiger partial charge in [-0.25, -0.2) is 4.98 Å². The number of rotatable bonds is 5. The Labute approximate surface area is 113 Å². The summed E-state index contributed by atoms with van der Waals surface area (Å²) in [6.45, 7) is 7.26. The minimum atomic E-state index is -0.132. The van der Waals surface area contributed by atoms with Gasteiger partial charge in [0.05, 0.1) is 17.3 Å². The average molecular weight is 268 g/mol. The molecule has 1 atom stereocenters. The van der Waals surface area contributed by atoms with E-state index in [0.717, 1.165) is 17.1 Å². The Balaban J connectivity index is 2.14. The lowest BCUT2D eigenvalue weighted by atomic mass is 9.80. The minimum Gasteiger partial charge on any atom is -0.396 e. The molecule has 0 aliphatic heterocycles. The van der Waals surface area contributed by atoms with Crippen LogP contribution in [0, 0.1) is 11.3 Å². The van der Waals surface area contributed by atoms with Gasteiger partial charge < -0.3 is 10.8 Å². The average Bonchev–Trinajstić information content (AvgIpc) is 3.05. The number of aromatic nitrogens is 1. The number of aliphatic hydroxyl groups is 1. The van der Waals surface area contributed by atoms with Crippen LogP contribution in [0.5, 0.6) is 0 Å². The zero-order chi connectivity index (χ0) is 13.4. The largest absolute Gasteiger partial charge is 0.396 e. The Bertz CT molecular complexity index is 400. The molecule has 1 aliphatic rings. The first kappa shape index (κ1) is 14.0. The van der Waals surface area contributed by atoms with Crippen LogP contribution in [-0.4, -0.2) is 23.2 Å². The molecular weight excluding hydrogens is 244 g/mol. The molecule has 102 valence electrons. The highest BCUT2D eigenvalue weighted by atomic mass is 32.1. The third-order valence-corrected chi connectivity index (χ3v) is 4.84. The van der Waals surface area contributed by atoms with Crippen molar-refractivity contribution in [2.45, 2.75) is 45.4 Å². The van der Waals surface area contributed by atoms with Crippen LogP contribution < -0.4 is 5.73 Å². The maximum atomic E-state index is 9.71. The van der Waals surface area contributed by atoms with E-state index in [1.54, 1.807) is 11.3 Å². The summed E-state index contributed by atoms with van der Waals surface area (Å²) >= 11 is 1.70. The summed E-state index contributed by atoms with van der Waals surface area (Å²) in [4.78, 5) is 4.72. The lowest BCUT2D eigenvalue weighted by molar-refractivity contribution is 0.109. The van der Waals surface area contributed by atoms with E-state index < -0.39 is 0 Å². The molecule has 0 saturated heterocycles. The van der Waals surface area contributed by atoms with E-state index in [0.29, 0.717) is 12.5 Å². The first-order chi connectivity index (χ1) is 8.41. The van der Waals surface area contributed by atoms with Gasteiger partial charge in [-0.1, -0.05) is 20.8 Å². The fourth-order valence-electron chi connectivity index (χ4n) is 2.37. The molecule has 0 spiro atoms. The Morgan fingerprint density at radius 1 is 1.44 bits per heavy atom. The van der Waals surface area contributed by atoms with E-state index in [1.165, 1.54) is 12.8 Å². The third kappa shape index (κ3) is 2.76. The zero-order valence-corrected chi connectivity index (χ0v) is 12.4. The Morgan fingerprint density at radius 2 is 2.11 bits per heavy atom. The minimum absolute atomic E-state index is 0.0962. The molecule has 1 saturated carbocycles. The van der Waals surface area contributed by atoms with E-state index in [1.807, 2.05) is 0 Å². The zero-order valence-electron chi connectivity index (χ0n) is 11.6. The van der Waals surface area contributed by atoms with Gasteiger partial charge in [-0.05, 0) is 18.8 Å². The monoisotopic (exact) mass is 268 g/mol. The van der Waals surface area contributed by atoms with Crippen molar-refractivity contribution >= 4 is 11.3 Å². The van der Waals surface area contributed by atoms with Crippen LogP contribution in [0.15, 0.2) is 5.38 Å². The third-order valence-electron chi connectivity index (χ3n) is 3.99. The maximum Gasteiger partial charge on any atom is 0.0935 e. The predicted octanol–water partition coefficient (Wildman–Crippen LogP) is 2.33. The van der Waals surface area contributed by atoms with Crippen molar-refractivity contribution in [1.82, 2.24) is 4.98 Å². The number of hydrogen-bond acceptors (Lipinski definition) is 4. The van der Waals surface area contributed by atoms with Crippen LogP contribution in [-0.2, 0) is 11.8 Å². The molecule has 0 aromatic carbocycles. The summed E-state index contributed by atoms with van der Waals surface area (Å²) < 4.78 is 0. The van der Waals surface area contributed by atoms with E-state index >= 15 is 0 Å². The molecule has 1 aromatic heterocycles. The van der Waals surface area contributed by atoms with E-state index in [9.17, 15) is 5.11 Å². The summed E-state index contributed by atoms with van der Waals surface area (Å²) in [6.07, 6.45) is 3.23. The van der Waals surface area contributed by atoms with Gasteiger partial charge in [0.25, 0.3) is 0 Å².